The molecule has 1 aromatic carbocycles. The van der Waals surface area contributed by atoms with Crippen molar-refractivity contribution < 1.29 is 9.90 Å². The van der Waals surface area contributed by atoms with E-state index < -0.39 is 5.97 Å². The van der Waals surface area contributed by atoms with Gasteiger partial charge >= 0.3 is 5.97 Å². The second-order valence-corrected chi connectivity index (χ2v) is 5.80. The smallest absolute Gasteiger partial charge is 0.328 e. The molecule has 3 nitrogen and oxygen atoms in total. The third-order valence-electron chi connectivity index (χ3n) is 4.14. The molecule has 3 heteroatoms. The van der Waals surface area contributed by atoms with Gasteiger partial charge in [-0.15, -0.1) is 0 Å². The summed E-state index contributed by atoms with van der Waals surface area (Å²) in [5.41, 5.74) is 2.44. The number of hydrogen-bond donors (Lipinski definition) is 1. The molecule has 1 aromatic rings. The van der Waals surface area contributed by atoms with E-state index in [-0.39, 0.29) is 0 Å². The van der Waals surface area contributed by atoms with Crippen LogP contribution in [0.15, 0.2) is 42.0 Å². The van der Waals surface area contributed by atoms with Crippen LogP contribution in [0.1, 0.15) is 37.3 Å². The summed E-state index contributed by atoms with van der Waals surface area (Å²) < 4.78 is 0. The standard InChI is InChI=1S/C17H23NO2/c1-18(2)17(14-6-4-3-5-7-14)15-10-8-13(9-11-15)12-16(19)20/h3-7,12,15,17H,8-11H2,1-2H3,(H,19,20). The van der Waals surface area contributed by atoms with E-state index in [1.165, 1.54) is 11.6 Å². The molecule has 0 radical (unpaired) electrons. The lowest BCUT2D eigenvalue weighted by Crippen LogP contribution is -2.29. The predicted octanol–water partition coefficient (Wildman–Crippen LogP) is 3.49. The monoisotopic (exact) mass is 273 g/mol. The number of benzene rings is 1. The van der Waals surface area contributed by atoms with E-state index in [0.29, 0.717) is 12.0 Å². The van der Waals surface area contributed by atoms with Gasteiger partial charge in [-0.05, 0) is 51.3 Å². The van der Waals surface area contributed by atoms with Crippen LogP contribution in [0.3, 0.4) is 0 Å². The molecule has 0 aliphatic heterocycles. The number of carboxylic acid groups (broad SMARTS) is 1. The molecular weight excluding hydrogens is 250 g/mol. The Labute approximate surface area is 120 Å². The average Bonchev–Trinajstić information content (AvgIpc) is 2.41. The molecule has 1 atom stereocenters. The number of hydrogen-bond acceptors (Lipinski definition) is 2. The second-order valence-electron chi connectivity index (χ2n) is 5.80. The lowest BCUT2D eigenvalue weighted by molar-refractivity contribution is -0.131. The Bertz CT molecular complexity index is 469. The van der Waals surface area contributed by atoms with Crippen LogP contribution in [0.5, 0.6) is 0 Å². The molecule has 1 aliphatic carbocycles. The van der Waals surface area contributed by atoms with Crippen LogP contribution in [0.25, 0.3) is 0 Å². The van der Waals surface area contributed by atoms with Crippen molar-refractivity contribution in [1.82, 2.24) is 4.90 Å². The lowest BCUT2D eigenvalue weighted by atomic mass is 9.78. The highest BCUT2D eigenvalue weighted by Crippen LogP contribution is 2.38. The molecule has 2 rings (SSSR count). The normalized spacial score (nSPS) is 20.8. The first-order valence-corrected chi connectivity index (χ1v) is 7.21. The van der Waals surface area contributed by atoms with Gasteiger partial charge in [0.15, 0.2) is 0 Å². The van der Waals surface area contributed by atoms with E-state index >= 15 is 0 Å². The number of aliphatic carboxylic acids is 1. The molecule has 1 saturated carbocycles. The van der Waals surface area contributed by atoms with E-state index in [4.69, 9.17) is 5.11 Å². The molecular formula is C17H23NO2. The van der Waals surface area contributed by atoms with Crippen molar-refractivity contribution in [2.75, 3.05) is 14.1 Å². The third-order valence-corrected chi connectivity index (χ3v) is 4.14. The fourth-order valence-corrected chi connectivity index (χ4v) is 3.29. The Morgan fingerprint density at radius 2 is 1.85 bits per heavy atom. The summed E-state index contributed by atoms with van der Waals surface area (Å²) in [5.74, 6) is -0.219. The Hall–Kier alpha value is -1.61. The highest BCUT2D eigenvalue weighted by atomic mass is 16.4. The van der Waals surface area contributed by atoms with Crippen molar-refractivity contribution in [1.29, 1.82) is 0 Å². The van der Waals surface area contributed by atoms with Crippen molar-refractivity contribution >= 4 is 5.97 Å². The largest absolute Gasteiger partial charge is 0.478 e. The summed E-state index contributed by atoms with van der Waals surface area (Å²) in [5, 5.41) is 8.82. The van der Waals surface area contributed by atoms with Gasteiger partial charge in [0.1, 0.15) is 0 Å². The zero-order valence-corrected chi connectivity index (χ0v) is 12.2. The summed E-state index contributed by atoms with van der Waals surface area (Å²) >= 11 is 0. The van der Waals surface area contributed by atoms with Crippen LogP contribution in [0.4, 0.5) is 0 Å². The lowest BCUT2D eigenvalue weighted by Gasteiger charge is -2.36. The van der Waals surface area contributed by atoms with Gasteiger partial charge in [0.2, 0.25) is 0 Å². The molecule has 0 amide bonds. The summed E-state index contributed by atoms with van der Waals surface area (Å²) in [7, 11) is 4.25. The maximum atomic E-state index is 10.7. The predicted molar refractivity (Wildman–Crippen MR) is 80.5 cm³/mol. The number of carbonyl (C=O) groups is 1. The molecule has 1 aliphatic rings. The third kappa shape index (κ3) is 3.70. The number of nitrogens with zero attached hydrogens (tertiary/aromatic N) is 1. The SMILES string of the molecule is CN(C)C(c1ccccc1)C1CCC(=CC(=O)O)CC1. The number of rotatable bonds is 4. The second kappa shape index (κ2) is 6.71. The van der Waals surface area contributed by atoms with E-state index in [1.807, 2.05) is 6.07 Å². The molecule has 1 N–H and O–H groups in total. The van der Waals surface area contributed by atoms with Crippen LogP contribution < -0.4 is 0 Å². The minimum atomic E-state index is -0.814. The Balaban J connectivity index is 2.08. The number of carboxylic acids is 1. The van der Waals surface area contributed by atoms with Crippen LogP contribution in [-0.2, 0) is 4.79 Å². The molecule has 20 heavy (non-hydrogen) atoms. The van der Waals surface area contributed by atoms with Crippen molar-refractivity contribution in [2.45, 2.75) is 31.7 Å². The zero-order chi connectivity index (χ0) is 14.5. The van der Waals surface area contributed by atoms with Gasteiger partial charge in [-0.3, -0.25) is 0 Å². The van der Waals surface area contributed by atoms with Crippen LogP contribution in [-0.4, -0.2) is 30.1 Å². The van der Waals surface area contributed by atoms with Gasteiger partial charge < -0.3 is 10.0 Å². The van der Waals surface area contributed by atoms with Crippen molar-refractivity contribution in [3.05, 3.63) is 47.5 Å². The molecule has 1 unspecified atom stereocenters. The summed E-state index contributed by atoms with van der Waals surface area (Å²) in [6.07, 6.45) is 5.35. The first-order chi connectivity index (χ1) is 9.58. The van der Waals surface area contributed by atoms with Crippen LogP contribution in [0.2, 0.25) is 0 Å². The first kappa shape index (κ1) is 14.8. The zero-order valence-electron chi connectivity index (χ0n) is 12.2. The van der Waals surface area contributed by atoms with Crippen molar-refractivity contribution in [3.8, 4) is 0 Å². The van der Waals surface area contributed by atoms with E-state index in [9.17, 15) is 4.79 Å². The van der Waals surface area contributed by atoms with E-state index in [1.54, 1.807) is 0 Å². The van der Waals surface area contributed by atoms with Crippen molar-refractivity contribution in [3.63, 3.8) is 0 Å². The quantitative estimate of drug-likeness (QED) is 0.854. The topological polar surface area (TPSA) is 40.5 Å². The van der Waals surface area contributed by atoms with Gasteiger partial charge in [-0.2, -0.15) is 0 Å². The Morgan fingerprint density at radius 3 is 2.35 bits per heavy atom. The molecule has 0 saturated heterocycles. The molecule has 0 spiro atoms. The summed E-state index contributed by atoms with van der Waals surface area (Å²) in [6, 6.07) is 11.0. The van der Waals surface area contributed by atoms with E-state index in [2.05, 4.69) is 43.3 Å². The highest BCUT2D eigenvalue weighted by Gasteiger charge is 2.28. The minimum Gasteiger partial charge on any atom is -0.478 e. The minimum absolute atomic E-state index is 0.419. The van der Waals surface area contributed by atoms with Crippen molar-refractivity contribution in [2.24, 2.45) is 5.92 Å². The van der Waals surface area contributed by atoms with Gasteiger partial charge in [-0.1, -0.05) is 35.9 Å². The Morgan fingerprint density at radius 1 is 1.25 bits per heavy atom. The van der Waals surface area contributed by atoms with Gasteiger partial charge in [0.05, 0.1) is 0 Å². The van der Waals surface area contributed by atoms with Crippen LogP contribution in [0, 0.1) is 5.92 Å². The average molecular weight is 273 g/mol. The fourth-order valence-electron chi connectivity index (χ4n) is 3.29. The van der Waals surface area contributed by atoms with Crippen LogP contribution >= 0.6 is 0 Å². The summed E-state index contributed by atoms with van der Waals surface area (Å²) in [4.78, 5) is 13.0. The van der Waals surface area contributed by atoms with Gasteiger partial charge in [0.25, 0.3) is 0 Å². The van der Waals surface area contributed by atoms with Gasteiger partial charge in [0, 0.05) is 12.1 Å². The molecule has 108 valence electrons. The molecule has 0 heterocycles. The Kier molecular flexibility index (Phi) is 4.96. The fraction of sp³-hybridized carbons (Fsp3) is 0.471. The first-order valence-electron chi connectivity index (χ1n) is 7.21. The molecule has 0 aromatic heterocycles. The molecule has 0 bridgehead atoms. The maximum absolute atomic E-state index is 10.7. The van der Waals surface area contributed by atoms with Gasteiger partial charge in [-0.25, -0.2) is 4.79 Å². The number of allylic oxidation sites excluding steroid dienone is 1. The molecule has 1 fully saturated rings. The highest BCUT2D eigenvalue weighted by molar-refractivity contribution is 5.80. The maximum Gasteiger partial charge on any atom is 0.328 e. The summed E-state index contributed by atoms with van der Waals surface area (Å²) in [6.45, 7) is 0. The van der Waals surface area contributed by atoms with E-state index in [0.717, 1.165) is 31.3 Å².